The third kappa shape index (κ3) is 3.65. The summed E-state index contributed by atoms with van der Waals surface area (Å²) in [5, 5.41) is 9.89. The summed E-state index contributed by atoms with van der Waals surface area (Å²) in [5.41, 5.74) is -0.447. The molecule has 0 amide bonds. The normalized spacial score (nSPS) is 13.0. The highest BCUT2D eigenvalue weighted by Gasteiger charge is 2.33. The lowest BCUT2D eigenvalue weighted by molar-refractivity contribution is -0.275. The van der Waals surface area contributed by atoms with Gasteiger partial charge in [-0.15, -0.1) is 13.2 Å². The first-order valence-corrected chi connectivity index (χ1v) is 6.14. The van der Waals surface area contributed by atoms with E-state index < -0.39 is 24.0 Å². The SMILES string of the molecule is OC(c1ccccc1OC(F)(F)F)c1cccc(Cl)c1F. The van der Waals surface area contributed by atoms with Crippen molar-refractivity contribution in [2.45, 2.75) is 12.5 Å². The smallest absolute Gasteiger partial charge is 0.405 e. The fourth-order valence-corrected chi connectivity index (χ4v) is 2.01. The number of para-hydroxylation sites is 1. The van der Waals surface area contributed by atoms with E-state index in [2.05, 4.69) is 4.74 Å². The summed E-state index contributed by atoms with van der Waals surface area (Å²) >= 11 is 5.59. The third-order valence-electron chi connectivity index (χ3n) is 2.72. The molecule has 0 saturated heterocycles. The van der Waals surface area contributed by atoms with Crippen LogP contribution in [0.1, 0.15) is 17.2 Å². The summed E-state index contributed by atoms with van der Waals surface area (Å²) < 4.78 is 54.7. The molecule has 0 saturated carbocycles. The summed E-state index contributed by atoms with van der Waals surface area (Å²) in [4.78, 5) is 0. The van der Waals surface area contributed by atoms with E-state index in [0.717, 1.165) is 6.07 Å². The van der Waals surface area contributed by atoms with Crippen molar-refractivity contribution >= 4 is 11.6 Å². The molecule has 112 valence electrons. The highest BCUT2D eigenvalue weighted by Crippen LogP contribution is 2.35. The molecule has 0 radical (unpaired) electrons. The highest BCUT2D eigenvalue weighted by atomic mass is 35.5. The Bertz CT molecular complexity index is 643. The van der Waals surface area contributed by atoms with Gasteiger partial charge in [-0.3, -0.25) is 0 Å². The largest absolute Gasteiger partial charge is 0.573 e. The minimum Gasteiger partial charge on any atom is -0.405 e. The zero-order valence-electron chi connectivity index (χ0n) is 10.4. The maximum Gasteiger partial charge on any atom is 0.573 e. The number of aliphatic hydroxyl groups is 1. The monoisotopic (exact) mass is 320 g/mol. The molecule has 2 nitrogen and oxygen atoms in total. The van der Waals surface area contributed by atoms with Crippen molar-refractivity contribution in [2.24, 2.45) is 0 Å². The maximum atomic E-state index is 13.9. The van der Waals surface area contributed by atoms with Crippen LogP contribution >= 0.6 is 11.6 Å². The van der Waals surface area contributed by atoms with Gasteiger partial charge in [-0.25, -0.2) is 4.39 Å². The van der Waals surface area contributed by atoms with Crippen LogP contribution in [0, 0.1) is 5.82 Å². The Morgan fingerprint density at radius 2 is 1.62 bits per heavy atom. The number of rotatable bonds is 3. The molecule has 0 aliphatic carbocycles. The van der Waals surface area contributed by atoms with E-state index in [9.17, 15) is 22.7 Å². The van der Waals surface area contributed by atoms with Crippen LogP contribution in [0.3, 0.4) is 0 Å². The van der Waals surface area contributed by atoms with Crippen LogP contribution in [0.25, 0.3) is 0 Å². The van der Waals surface area contributed by atoms with Gasteiger partial charge in [0.05, 0.1) is 5.02 Å². The Balaban J connectivity index is 2.44. The molecular weight excluding hydrogens is 312 g/mol. The standard InChI is InChI=1S/C14H9ClF4O2/c15-10-6-3-5-9(12(10)16)13(20)8-4-1-2-7-11(8)21-14(17,18)19/h1-7,13,20H. The maximum absolute atomic E-state index is 13.9. The van der Waals surface area contributed by atoms with Crippen molar-refractivity contribution in [1.29, 1.82) is 0 Å². The predicted molar refractivity (Wildman–Crippen MR) is 68.6 cm³/mol. The zero-order chi connectivity index (χ0) is 15.6. The lowest BCUT2D eigenvalue weighted by Crippen LogP contribution is -2.19. The van der Waals surface area contributed by atoms with Crippen LogP contribution in [0.2, 0.25) is 5.02 Å². The molecule has 2 aromatic carbocycles. The molecule has 1 N–H and O–H groups in total. The Morgan fingerprint density at radius 1 is 1.00 bits per heavy atom. The summed E-state index contributed by atoms with van der Waals surface area (Å²) in [6, 6.07) is 8.86. The number of hydrogen-bond donors (Lipinski definition) is 1. The molecule has 0 aliphatic rings. The van der Waals surface area contributed by atoms with Crippen LogP contribution in [-0.2, 0) is 0 Å². The van der Waals surface area contributed by atoms with Crippen LogP contribution in [0.4, 0.5) is 17.6 Å². The molecule has 0 spiro atoms. The summed E-state index contributed by atoms with van der Waals surface area (Å²) in [6.07, 6.45) is -6.55. The van der Waals surface area contributed by atoms with Gasteiger partial charge >= 0.3 is 6.36 Å². The van der Waals surface area contributed by atoms with E-state index in [1.54, 1.807) is 0 Å². The number of benzene rings is 2. The van der Waals surface area contributed by atoms with Crippen molar-refractivity contribution in [2.75, 3.05) is 0 Å². The first-order valence-electron chi connectivity index (χ1n) is 5.76. The van der Waals surface area contributed by atoms with Gasteiger partial charge in [0.25, 0.3) is 0 Å². The van der Waals surface area contributed by atoms with Gasteiger partial charge in [0.2, 0.25) is 0 Å². The molecular formula is C14H9ClF4O2. The molecule has 0 heterocycles. The first kappa shape index (κ1) is 15.6. The Labute approximate surface area is 122 Å². The molecule has 1 atom stereocenters. The minimum absolute atomic E-state index is 0.212. The highest BCUT2D eigenvalue weighted by molar-refractivity contribution is 6.30. The number of alkyl halides is 3. The first-order chi connectivity index (χ1) is 9.79. The molecule has 2 aromatic rings. The van der Waals surface area contributed by atoms with Crippen molar-refractivity contribution in [3.8, 4) is 5.75 Å². The molecule has 0 bridgehead atoms. The predicted octanol–water partition coefficient (Wildman–Crippen LogP) is 4.46. The Kier molecular flexibility index (Phi) is 4.39. The summed E-state index contributed by atoms with van der Waals surface area (Å²) in [6.45, 7) is 0. The van der Waals surface area contributed by atoms with Crippen LogP contribution in [-0.4, -0.2) is 11.5 Å². The van der Waals surface area contributed by atoms with Gasteiger partial charge < -0.3 is 9.84 Å². The van der Waals surface area contributed by atoms with E-state index in [0.29, 0.717) is 0 Å². The second kappa shape index (κ2) is 5.91. The van der Waals surface area contributed by atoms with E-state index in [1.165, 1.54) is 36.4 Å². The fraction of sp³-hybridized carbons (Fsp3) is 0.143. The number of ether oxygens (including phenoxy) is 1. The molecule has 0 fully saturated rings. The van der Waals surface area contributed by atoms with Crippen LogP contribution in [0.15, 0.2) is 42.5 Å². The molecule has 0 aromatic heterocycles. The van der Waals surface area contributed by atoms with Gasteiger partial charge in [-0.05, 0) is 12.1 Å². The lowest BCUT2D eigenvalue weighted by Gasteiger charge is -2.18. The van der Waals surface area contributed by atoms with E-state index in [-0.39, 0.29) is 16.1 Å². The van der Waals surface area contributed by atoms with Crippen LogP contribution < -0.4 is 4.74 Å². The van der Waals surface area contributed by atoms with Crippen molar-refractivity contribution < 1.29 is 27.4 Å². The summed E-state index contributed by atoms with van der Waals surface area (Å²) in [5.74, 6) is -1.50. The van der Waals surface area contributed by atoms with E-state index >= 15 is 0 Å². The minimum atomic E-state index is -4.91. The third-order valence-corrected chi connectivity index (χ3v) is 3.01. The Hall–Kier alpha value is -1.79. The number of hydrogen-bond acceptors (Lipinski definition) is 2. The molecule has 21 heavy (non-hydrogen) atoms. The molecule has 0 aliphatic heterocycles. The van der Waals surface area contributed by atoms with Crippen molar-refractivity contribution in [3.63, 3.8) is 0 Å². The number of aliphatic hydroxyl groups excluding tert-OH is 1. The zero-order valence-corrected chi connectivity index (χ0v) is 11.1. The van der Waals surface area contributed by atoms with Gasteiger partial charge in [-0.2, -0.15) is 0 Å². The van der Waals surface area contributed by atoms with Crippen molar-refractivity contribution in [1.82, 2.24) is 0 Å². The molecule has 7 heteroatoms. The van der Waals surface area contributed by atoms with Gasteiger partial charge in [0.1, 0.15) is 17.7 Å². The topological polar surface area (TPSA) is 29.5 Å². The second-order valence-corrected chi connectivity index (χ2v) is 4.54. The second-order valence-electron chi connectivity index (χ2n) is 4.13. The summed E-state index contributed by atoms with van der Waals surface area (Å²) in [7, 11) is 0. The van der Waals surface area contributed by atoms with Gasteiger partial charge in [0.15, 0.2) is 0 Å². The number of halogens is 5. The van der Waals surface area contributed by atoms with Crippen molar-refractivity contribution in [3.05, 3.63) is 64.4 Å². The van der Waals surface area contributed by atoms with Gasteiger partial charge in [0, 0.05) is 11.1 Å². The van der Waals surface area contributed by atoms with E-state index in [1.807, 2.05) is 0 Å². The van der Waals surface area contributed by atoms with Crippen LogP contribution in [0.5, 0.6) is 5.75 Å². The Morgan fingerprint density at radius 3 is 2.29 bits per heavy atom. The average molecular weight is 321 g/mol. The lowest BCUT2D eigenvalue weighted by atomic mass is 10.0. The molecule has 2 rings (SSSR count). The quantitative estimate of drug-likeness (QED) is 0.846. The average Bonchev–Trinajstić information content (AvgIpc) is 2.40. The van der Waals surface area contributed by atoms with Gasteiger partial charge in [-0.1, -0.05) is 41.9 Å². The van der Waals surface area contributed by atoms with E-state index in [4.69, 9.17) is 11.6 Å². The fourth-order valence-electron chi connectivity index (χ4n) is 1.82. The molecule has 1 unspecified atom stereocenters.